The van der Waals surface area contributed by atoms with Crippen molar-refractivity contribution in [3.05, 3.63) is 29.8 Å². The summed E-state index contributed by atoms with van der Waals surface area (Å²) in [6.45, 7) is 1.84. The molecule has 1 unspecified atom stereocenters. The molecule has 1 aromatic rings. The predicted molar refractivity (Wildman–Crippen MR) is 54.7 cm³/mol. The average molecular weight is 210 g/mol. The van der Waals surface area contributed by atoms with E-state index in [1.165, 1.54) is 12.3 Å². The fourth-order valence-corrected chi connectivity index (χ4v) is 2.02. The Balaban J connectivity index is 2.08. The van der Waals surface area contributed by atoms with Crippen LogP contribution in [0.5, 0.6) is 0 Å². The number of halogens is 1. The molecular weight excluding hydrogens is 195 g/mol. The minimum atomic E-state index is -0.588. The van der Waals surface area contributed by atoms with Gasteiger partial charge >= 0.3 is 0 Å². The molecule has 1 saturated heterocycles. The zero-order valence-corrected chi connectivity index (χ0v) is 8.49. The first kappa shape index (κ1) is 10.5. The SMILES string of the molecule is OC(c1cncc(F)c1)C1CCNCC1. The minimum absolute atomic E-state index is 0.217. The van der Waals surface area contributed by atoms with Crippen LogP contribution in [-0.2, 0) is 0 Å². The van der Waals surface area contributed by atoms with Crippen LogP contribution in [0.15, 0.2) is 18.5 Å². The summed E-state index contributed by atoms with van der Waals surface area (Å²) in [4.78, 5) is 3.75. The monoisotopic (exact) mass is 210 g/mol. The summed E-state index contributed by atoms with van der Waals surface area (Å²) in [6.07, 6.45) is 3.96. The molecule has 1 aliphatic rings. The summed E-state index contributed by atoms with van der Waals surface area (Å²) in [7, 11) is 0. The molecule has 4 heteroatoms. The van der Waals surface area contributed by atoms with E-state index in [1.54, 1.807) is 0 Å². The Kier molecular flexibility index (Phi) is 3.28. The fourth-order valence-electron chi connectivity index (χ4n) is 2.02. The van der Waals surface area contributed by atoms with Crippen LogP contribution >= 0.6 is 0 Å². The van der Waals surface area contributed by atoms with E-state index < -0.39 is 6.10 Å². The van der Waals surface area contributed by atoms with Gasteiger partial charge in [0, 0.05) is 11.8 Å². The van der Waals surface area contributed by atoms with E-state index >= 15 is 0 Å². The van der Waals surface area contributed by atoms with E-state index in [-0.39, 0.29) is 11.7 Å². The maximum absolute atomic E-state index is 12.9. The highest BCUT2D eigenvalue weighted by molar-refractivity contribution is 5.14. The van der Waals surface area contributed by atoms with E-state index in [1.807, 2.05) is 0 Å². The van der Waals surface area contributed by atoms with Crippen molar-refractivity contribution < 1.29 is 9.50 Å². The largest absolute Gasteiger partial charge is 0.388 e. The van der Waals surface area contributed by atoms with Crippen molar-refractivity contribution in [2.24, 2.45) is 5.92 Å². The molecule has 1 atom stereocenters. The molecule has 0 radical (unpaired) electrons. The molecule has 1 fully saturated rings. The maximum Gasteiger partial charge on any atom is 0.141 e. The average Bonchev–Trinajstić information content (AvgIpc) is 2.29. The van der Waals surface area contributed by atoms with Crippen molar-refractivity contribution in [2.45, 2.75) is 18.9 Å². The zero-order valence-electron chi connectivity index (χ0n) is 8.49. The van der Waals surface area contributed by atoms with E-state index in [0.717, 1.165) is 32.1 Å². The first-order valence-corrected chi connectivity index (χ1v) is 5.26. The Hall–Kier alpha value is -1.00. The molecule has 0 bridgehead atoms. The molecule has 2 N–H and O–H groups in total. The summed E-state index contributed by atoms with van der Waals surface area (Å²) in [6, 6.07) is 1.36. The van der Waals surface area contributed by atoms with E-state index in [4.69, 9.17) is 0 Å². The number of rotatable bonds is 2. The van der Waals surface area contributed by atoms with Gasteiger partial charge in [-0.2, -0.15) is 0 Å². The second kappa shape index (κ2) is 4.68. The highest BCUT2D eigenvalue weighted by Gasteiger charge is 2.23. The molecule has 2 heterocycles. The second-order valence-electron chi connectivity index (χ2n) is 3.97. The fraction of sp³-hybridized carbons (Fsp3) is 0.545. The van der Waals surface area contributed by atoms with Crippen LogP contribution in [0.4, 0.5) is 4.39 Å². The number of nitrogens with zero attached hydrogens (tertiary/aromatic N) is 1. The third-order valence-electron chi connectivity index (χ3n) is 2.90. The number of nitrogens with one attached hydrogen (secondary N) is 1. The number of aromatic nitrogens is 1. The van der Waals surface area contributed by atoms with Gasteiger partial charge in [-0.15, -0.1) is 0 Å². The van der Waals surface area contributed by atoms with Gasteiger partial charge in [0.2, 0.25) is 0 Å². The molecule has 3 nitrogen and oxygen atoms in total. The number of aliphatic hydroxyl groups excluding tert-OH is 1. The minimum Gasteiger partial charge on any atom is -0.388 e. The molecular formula is C11H15FN2O. The molecule has 0 amide bonds. The van der Waals surface area contributed by atoms with Crippen molar-refractivity contribution in [2.75, 3.05) is 13.1 Å². The molecule has 15 heavy (non-hydrogen) atoms. The van der Waals surface area contributed by atoms with Gasteiger partial charge in [-0.3, -0.25) is 4.98 Å². The van der Waals surface area contributed by atoms with Crippen molar-refractivity contribution in [1.29, 1.82) is 0 Å². The van der Waals surface area contributed by atoms with Gasteiger partial charge in [0.05, 0.1) is 12.3 Å². The molecule has 82 valence electrons. The summed E-state index contributed by atoms with van der Waals surface area (Å²) in [5, 5.41) is 13.3. The van der Waals surface area contributed by atoms with Crippen LogP contribution < -0.4 is 5.32 Å². The van der Waals surface area contributed by atoms with Gasteiger partial charge in [-0.05, 0) is 37.9 Å². The summed E-state index contributed by atoms with van der Waals surface area (Å²) in [5.41, 5.74) is 0.585. The molecule has 0 saturated carbocycles. The Morgan fingerprint density at radius 2 is 2.13 bits per heavy atom. The smallest absolute Gasteiger partial charge is 0.141 e. The Bertz CT molecular complexity index is 326. The molecule has 0 aromatic carbocycles. The summed E-state index contributed by atoms with van der Waals surface area (Å²) >= 11 is 0. The van der Waals surface area contributed by atoms with Crippen LogP contribution in [0.2, 0.25) is 0 Å². The summed E-state index contributed by atoms with van der Waals surface area (Å²) in [5.74, 6) is -0.171. The third-order valence-corrected chi connectivity index (χ3v) is 2.90. The lowest BCUT2D eigenvalue weighted by Gasteiger charge is -2.27. The van der Waals surface area contributed by atoms with Crippen molar-refractivity contribution in [3.8, 4) is 0 Å². The number of hydrogen-bond acceptors (Lipinski definition) is 3. The lowest BCUT2D eigenvalue weighted by molar-refractivity contribution is 0.0883. The van der Waals surface area contributed by atoms with E-state index in [9.17, 15) is 9.50 Å². The first-order chi connectivity index (χ1) is 7.27. The van der Waals surface area contributed by atoms with E-state index in [2.05, 4.69) is 10.3 Å². The van der Waals surface area contributed by atoms with Gasteiger partial charge < -0.3 is 10.4 Å². The zero-order chi connectivity index (χ0) is 10.7. The number of piperidine rings is 1. The maximum atomic E-state index is 12.9. The normalized spacial score (nSPS) is 20.1. The number of pyridine rings is 1. The summed E-state index contributed by atoms with van der Waals surface area (Å²) < 4.78 is 12.9. The molecule has 0 aliphatic carbocycles. The van der Waals surface area contributed by atoms with Crippen LogP contribution in [-0.4, -0.2) is 23.2 Å². The quantitative estimate of drug-likeness (QED) is 0.772. The predicted octanol–water partition coefficient (Wildman–Crippen LogP) is 1.25. The van der Waals surface area contributed by atoms with Gasteiger partial charge in [0.15, 0.2) is 0 Å². The topological polar surface area (TPSA) is 45.2 Å². The highest BCUT2D eigenvalue weighted by atomic mass is 19.1. The lowest BCUT2D eigenvalue weighted by atomic mass is 9.89. The van der Waals surface area contributed by atoms with Gasteiger partial charge in [-0.25, -0.2) is 4.39 Å². The van der Waals surface area contributed by atoms with Crippen LogP contribution in [0.1, 0.15) is 24.5 Å². The lowest BCUT2D eigenvalue weighted by Crippen LogP contribution is -2.30. The molecule has 1 aromatic heterocycles. The van der Waals surface area contributed by atoms with Gasteiger partial charge in [-0.1, -0.05) is 0 Å². The van der Waals surface area contributed by atoms with Crippen LogP contribution in [0.25, 0.3) is 0 Å². The highest BCUT2D eigenvalue weighted by Crippen LogP contribution is 2.28. The molecule has 0 spiro atoms. The van der Waals surface area contributed by atoms with Crippen LogP contribution in [0.3, 0.4) is 0 Å². The Morgan fingerprint density at radius 3 is 2.80 bits per heavy atom. The van der Waals surface area contributed by atoms with Crippen molar-refractivity contribution in [1.82, 2.24) is 10.3 Å². The number of hydrogen-bond donors (Lipinski definition) is 2. The third kappa shape index (κ3) is 2.52. The number of aliphatic hydroxyl groups is 1. The first-order valence-electron chi connectivity index (χ1n) is 5.26. The standard InChI is InChI=1S/C11H15FN2O/c12-10-5-9(6-14-7-10)11(15)8-1-3-13-4-2-8/h5-8,11,13,15H,1-4H2. The molecule has 2 rings (SSSR count). The Morgan fingerprint density at radius 1 is 1.40 bits per heavy atom. The van der Waals surface area contributed by atoms with Crippen molar-refractivity contribution in [3.63, 3.8) is 0 Å². The second-order valence-corrected chi connectivity index (χ2v) is 3.97. The van der Waals surface area contributed by atoms with E-state index in [0.29, 0.717) is 5.56 Å². The van der Waals surface area contributed by atoms with Gasteiger partial charge in [0.25, 0.3) is 0 Å². The molecule has 1 aliphatic heterocycles. The van der Waals surface area contributed by atoms with Gasteiger partial charge in [0.1, 0.15) is 5.82 Å². The van der Waals surface area contributed by atoms with Crippen molar-refractivity contribution >= 4 is 0 Å². The van der Waals surface area contributed by atoms with Crippen LogP contribution in [0, 0.1) is 11.7 Å². The Labute approximate surface area is 88.3 Å².